The molecule has 27 heavy (non-hydrogen) atoms. The zero-order chi connectivity index (χ0) is 19.4. The Kier molecular flexibility index (Phi) is 6.17. The molecule has 1 aliphatic rings. The highest BCUT2D eigenvalue weighted by atomic mass is 79.9. The van der Waals surface area contributed by atoms with Crippen LogP contribution in [0.3, 0.4) is 0 Å². The number of carbonyl (C=O) groups excluding carboxylic acids is 3. The average Bonchev–Trinajstić information content (AvgIpc) is 2.66. The van der Waals surface area contributed by atoms with E-state index in [1.807, 2.05) is 0 Å². The van der Waals surface area contributed by atoms with E-state index in [9.17, 15) is 14.4 Å². The fourth-order valence-electron chi connectivity index (χ4n) is 2.36. The van der Waals surface area contributed by atoms with E-state index >= 15 is 0 Å². The molecule has 2 aromatic carbocycles. The monoisotopic (exact) mass is 494 g/mol. The Bertz CT molecular complexity index is 909. The first-order valence-electron chi connectivity index (χ1n) is 7.90. The number of halogens is 2. The minimum atomic E-state index is -0.925. The first-order chi connectivity index (χ1) is 12.9. The number of fused-ring (bicyclic) bond motifs is 1. The smallest absolute Gasteiger partial charge is 0.524 e. The summed E-state index contributed by atoms with van der Waals surface area (Å²) in [6.07, 6.45) is -0.0324. The number of amides is 2. The SMILES string of the molecule is O=C(CNC(=O)c1cc(Br)ccc1Br)NCB1OC(=O)c2ccccc2O1. The molecule has 2 N–H and O–H groups in total. The minimum Gasteiger partial charge on any atom is -0.524 e. The second-order valence-electron chi connectivity index (χ2n) is 5.56. The van der Waals surface area contributed by atoms with Crippen LogP contribution in [0.4, 0.5) is 0 Å². The van der Waals surface area contributed by atoms with Crippen molar-refractivity contribution in [2.75, 3.05) is 13.0 Å². The lowest BCUT2D eigenvalue weighted by molar-refractivity contribution is -0.119. The summed E-state index contributed by atoms with van der Waals surface area (Å²) >= 11 is 6.59. The fraction of sp³-hybridized carbons (Fsp3) is 0.118. The number of benzene rings is 2. The fourth-order valence-corrected chi connectivity index (χ4v) is 3.14. The molecule has 10 heteroatoms. The maximum atomic E-state index is 12.2. The molecule has 0 unspecified atom stereocenters. The van der Waals surface area contributed by atoms with Crippen molar-refractivity contribution in [2.45, 2.75) is 0 Å². The van der Waals surface area contributed by atoms with Gasteiger partial charge in [-0.3, -0.25) is 9.59 Å². The van der Waals surface area contributed by atoms with Gasteiger partial charge >= 0.3 is 13.1 Å². The highest BCUT2D eigenvalue weighted by Crippen LogP contribution is 2.24. The maximum Gasteiger partial charge on any atom is 0.617 e. The Morgan fingerprint density at radius 1 is 1.04 bits per heavy atom. The van der Waals surface area contributed by atoms with Crippen molar-refractivity contribution in [3.8, 4) is 5.75 Å². The lowest BCUT2D eigenvalue weighted by Crippen LogP contribution is -2.47. The summed E-state index contributed by atoms with van der Waals surface area (Å²) in [6, 6.07) is 11.9. The van der Waals surface area contributed by atoms with Gasteiger partial charge in [0.1, 0.15) is 5.75 Å². The third-order valence-electron chi connectivity index (χ3n) is 3.65. The van der Waals surface area contributed by atoms with E-state index < -0.39 is 24.9 Å². The van der Waals surface area contributed by atoms with Gasteiger partial charge in [-0.05, 0) is 46.3 Å². The van der Waals surface area contributed by atoms with Crippen molar-refractivity contribution in [3.05, 3.63) is 62.5 Å². The van der Waals surface area contributed by atoms with Crippen molar-refractivity contribution in [3.63, 3.8) is 0 Å². The third-order valence-corrected chi connectivity index (χ3v) is 4.84. The first kappa shape index (κ1) is 19.4. The average molecular weight is 496 g/mol. The quantitative estimate of drug-likeness (QED) is 0.621. The lowest BCUT2D eigenvalue weighted by Gasteiger charge is -2.22. The highest BCUT2D eigenvalue weighted by Gasteiger charge is 2.33. The van der Waals surface area contributed by atoms with Crippen LogP contribution in [0.1, 0.15) is 20.7 Å². The van der Waals surface area contributed by atoms with Crippen LogP contribution < -0.4 is 15.3 Å². The zero-order valence-corrected chi connectivity index (χ0v) is 17.0. The van der Waals surface area contributed by atoms with E-state index in [0.717, 1.165) is 4.47 Å². The standard InChI is InChI=1S/C17H13BBr2N2O5/c19-10-5-6-13(20)12(7-10)16(24)21-8-15(23)22-9-18-26-14-4-2-1-3-11(14)17(25)27-18/h1-7H,8-9H2,(H,21,24)(H,22,23). The molecule has 138 valence electrons. The molecule has 0 atom stereocenters. The van der Waals surface area contributed by atoms with Crippen LogP contribution in [0.5, 0.6) is 5.75 Å². The summed E-state index contributed by atoms with van der Waals surface area (Å²) in [5, 5.41) is 5.09. The second-order valence-corrected chi connectivity index (χ2v) is 7.33. The summed E-state index contributed by atoms with van der Waals surface area (Å²) in [6.45, 7) is -0.227. The van der Waals surface area contributed by atoms with Crippen molar-refractivity contribution in [2.24, 2.45) is 0 Å². The third kappa shape index (κ3) is 4.89. The van der Waals surface area contributed by atoms with Gasteiger partial charge in [0.15, 0.2) is 0 Å². The van der Waals surface area contributed by atoms with Crippen LogP contribution in [0, 0.1) is 0 Å². The van der Waals surface area contributed by atoms with E-state index in [1.54, 1.807) is 42.5 Å². The first-order valence-corrected chi connectivity index (χ1v) is 9.49. The van der Waals surface area contributed by atoms with Crippen LogP contribution in [-0.2, 0) is 9.45 Å². The molecule has 1 heterocycles. The van der Waals surface area contributed by atoms with Gasteiger partial charge in [0.05, 0.1) is 24.1 Å². The molecule has 0 saturated heterocycles. The summed E-state index contributed by atoms with van der Waals surface area (Å²) in [4.78, 5) is 36.0. The van der Waals surface area contributed by atoms with Gasteiger partial charge in [-0.1, -0.05) is 28.1 Å². The molecule has 0 aromatic heterocycles. The van der Waals surface area contributed by atoms with Crippen molar-refractivity contribution >= 4 is 56.8 Å². The normalized spacial score (nSPS) is 12.5. The second kappa shape index (κ2) is 8.58. The summed E-state index contributed by atoms with van der Waals surface area (Å²) < 4.78 is 12.0. The molecule has 0 fully saturated rings. The molecule has 2 amide bonds. The van der Waals surface area contributed by atoms with Crippen LogP contribution in [0.2, 0.25) is 0 Å². The van der Waals surface area contributed by atoms with E-state index in [2.05, 4.69) is 42.5 Å². The van der Waals surface area contributed by atoms with Gasteiger partial charge in [0.2, 0.25) is 5.91 Å². The van der Waals surface area contributed by atoms with Gasteiger partial charge in [0, 0.05) is 8.95 Å². The molecular formula is C17H13BBr2N2O5. The number of nitrogens with one attached hydrogen (secondary N) is 2. The van der Waals surface area contributed by atoms with Crippen LogP contribution in [0.15, 0.2) is 51.4 Å². The predicted molar refractivity (Wildman–Crippen MR) is 105 cm³/mol. The van der Waals surface area contributed by atoms with E-state index in [0.29, 0.717) is 21.3 Å². The number of hydrogen-bond donors (Lipinski definition) is 2. The number of hydrogen-bond acceptors (Lipinski definition) is 5. The Morgan fingerprint density at radius 2 is 1.81 bits per heavy atom. The van der Waals surface area contributed by atoms with Crippen LogP contribution >= 0.6 is 31.9 Å². The van der Waals surface area contributed by atoms with E-state index in [1.165, 1.54) is 0 Å². The molecule has 0 aliphatic carbocycles. The minimum absolute atomic E-state index is 0.0324. The largest absolute Gasteiger partial charge is 0.617 e. The molecule has 1 aliphatic heterocycles. The summed E-state index contributed by atoms with van der Waals surface area (Å²) in [5.41, 5.74) is 0.741. The molecule has 0 spiro atoms. The van der Waals surface area contributed by atoms with Gasteiger partial charge in [-0.15, -0.1) is 0 Å². The molecule has 2 aromatic rings. The predicted octanol–water partition coefficient (Wildman–Crippen LogP) is 2.33. The van der Waals surface area contributed by atoms with Crippen LogP contribution in [0.25, 0.3) is 0 Å². The molecule has 0 bridgehead atoms. The van der Waals surface area contributed by atoms with Crippen molar-refractivity contribution in [1.82, 2.24) is 10.6 Å². The van der Waals surface area contributed by atoms with Gasteiger partial charge in [-0.2, -0.15) is 0 Å². The summed E-state index contributed by atoms with van der Waals surface area (Å²) in [5.74, 6) is -0.940. The molecular weight excluding hydrogens is 483 g/mol. The topological polar surface area (TPSA) is 93.7 Å². The van der Waals surface area contributed by atoms with E-state index in [-0.39, 0.29) is 13.0 Å². The van der Waals surface area contributed by atoms with E-state index in [4.69, 9.17) is 9.31 Å². The Hall–Kier alpha value is -2.33. The molecule has 3 rings (SSSR count). The van der Waals surface area contributed by atoms with Gasteiger partial charge in [-0.25, -0.2) is 4.79 Å². The lowest BCUT2D eigenvalue weighted by atomic mass is 9.88. The zero-order valence-electron chi connectivity index (χ0n) is 13.8. The van der Waals surface area contributed by atoms with Crippen LogP contribution in [-0.4, -0.2) is 37.9 Å². The molecule has 7 nitrogen and oxygen atoms in total. The van der Waals surface area contributed by atoms with Crippen molar-refractivity contribution < 1.29 is 23.7 Å². The highest BCUT2D eigenvalue weighted by molar-refractivity contribution is 9.11. The molecule has 0 saturated carbocycles. The number of para-hydroxylation sites is 1. The van der Waals surface area contributed by atoms with Crippen molar-refractivity contribution in [1.29, 1.82) is 0 Å². The maximum absolute atomic E-state index is 12.2. The van der Waals surface area contributed by atoms with Gasteiger partial charge in [0.25, 0.3) is 5.91 Å². The number of carbonyl (C=O) groups is 3. The summed E-state index contributed by atoms with van der Waals surface area (Å²) in [7, 11) is -0.925. The van der Waals surface area contributed by atoms with Gasteiger partial charge < -0.3 is 19.9 Å². The Morgan fingerprint density at radius 3 is 2.63 bits per heavy atom. The Balaban J connectivity index is 1.48. The Labute approximate surface area is 172 Å². The number of rotatable bonds is 5. The molecule has 0 radical (unpaired) electrons.